The number of nitrogens with one attached hydrogen (secondary N) is 1. The van der Waals surface area contributed by atoms with Crippen molar-refractivity contribution in [2.45, 2.75) is 38.1 Å². The molecule has 0 unspecified atom stereocenters. The van der Waals surface area contributed by atoms with Gasteiger partial charge >= 0.3 is 5.97 Å². The lowest BCUT2D eigenvalue weighted by Gasteiger charge is -2.18. The van der Waals surface area contributed by atoms with Gasteiger partial charge in [0.15, 0.2) is 0 Å². The Morgan fingerprint density at radius 1 is 1.03 bits per heavy atom. The van der Waals surface area contributed by atoms with Crippen LogP contribution in [0.25, 0.3) is 11.1 Å². The third kappa shape index (κ3) is 5.83. The van der Waals surface area contributed by atoms with E-state index in [1.54, 1.807) is 14.2 Å². The first-order valence-corrected chi connectivity index (χ1v) is 10.9. The fourth-order valence-corrected chi connectivity index (χ4v) is 4.21. The molecule has 1 aliphatic rings. The van der Waals surface area contributed by atoms with Crippen molar-refractivity contribution in [1.29, 1.82) is 0 Å². The molecule has 1 aliphatic carbocycles. The zero-order chi connectivity index (χ0) is 23.8. The van der Waals surface area contributed by atoms with Gasteiger partial charge in [-0.3, -0.25) is 4.79 Å². The minimum Gasteiger partial charge on any atom is -0.496 e. The zero-order valence-electron chi connectivity index (χ0n) is 19.2. The number of carboxylic acids is 1. The Kier molecular flexibility index (Phi) is 8.29. The molecule has 33 heavy (non-hydrogen) atoms. The summed E-state index contributed by atoms with van der Waals surface area (Å²) in [4.78, 5) is 29.5. The minimum atomic E-state index is -1.11. The van der Waals surface area contributed by atoms with E-state index in [2.05, 4.69) is 10.5 Å². The Morgan fingerprint density at radius 3 is 2.15 bits per heavy atom. The van der Waals surface area contributed by atoms with Gasteiger partial charge in [0, 0.05) is 12.3 Å². The molecule has 1 fully saturated rings. The molecule has 0 aliphatic heterocycles. The topological polar surface area (TPSA) is 106 Å². The Hall–Kier alpha value is -3.55. The molecule has 0 saturated heterocycles. The minimum absolute atomic E-state index is 0.00508. The lowest BCUT2D eigenvalue weighted by Crippen LogP contribution is -2.46. The highest BCUT2D eigenvalue weighted by atomic mass is 16.6. The second kappa shape index (κ2) is 11.4. The molecule has 0 heterocycles. The van der Waals surface area contributed by atoms with Gasteiger partial charge in [0.05, 0.1) is 19.8 Å². The third-order valence-electron chi connectivity index (χ3n) is 5.88. The first kappa shape index (κ1) is 24.1. The number of rotatable bonds is 10. The molecular weight excluding hydrogens is 424 g/mol. The maximum absolute atomic E-state index is 12.8. The fourth-order valence-electron chi connectivity index (χ4n) is 4.21. The van der Waals surface area contributed by atoms with Gasteiger partial charge < -0.3 is 24.7 Å². The smallest absolute Gasteiger partial charge is 0.326 e. The van der Waals surface area contributed by atoms with E-state index in [1.807, 2.05) is 42.5 Å². The molecule has 1 saturated carbocycles. The molecule has 0 bridgehead atoms. The number of carboxylic acid groups (broad SMARTS) is 1. The zero-order valence-corrected chi connectivity index (χ0v) is 19.2. The number of carbonyl (C=O) groups excluding carboxylic acids is 1. The number of hydrogen-bond acceptors (Lipinski definition) is 6. The molecule has 3 rings (SSSR count). The van der Waals surface area contributed by atoms with Crippen LogP contribution in [0, 0.1) is 5.92 Å². The lowest BCUT2D eigenvalue weighted by atomic mass is 9.98. The van der Waals surface area contributed by atoms with Crippen molar-refractivity contribution in [1.82, 2.24) is 5.32 Å². The van der Waals surface area contributed by atoms with Crippen molar-refractivity contribution in [3.8, 4) is 22.6 Å². The molecule has 0 radical (unpaired) electrons. The van der Waals surface area contributed by atoms with Crippen LogP contribution in [0.2, 0.25) is 0 Å². The van der Waals surface area contributed by atoms with Crippen LogP contribution in [0.3, 0.4) is 0 Å². The second-order valence-corrected chi connectivity index (χ2v) is 7.94. The number of nitrogens with zero attached hydrogens (tertiary/aromatic N) is 1. The number of methoxy groups -OCH3 is 2. The molecule has 1 atom stereocenters. The number of aliphatic carboxylic acids is 1. The highest BCUT2D eigenvalue weighted by molar-refractivity contribution is 6.39. The second-order valence-electron chi connectivity index (χ2n) is 7.94. The molecule has 2 aromatic carbocycles. The van der Waals surface area contributed by atoms with Crippen molar-refractivity contribution in [3.63, 3.8) is 0 Å². The van der Waals surface area contributed by atoms with E-state index < -0.39 is 17.9 Å². The van der Waals surface area contributed by atoms with Crippen molar-refractivity contribution in [2.24, 2.45) is 11.1 Å². The quantitative estimate of drug-likeness (QED) is 0.419. The molecule has 2 aromatic rings. The summed E-state index contributed by atoms with van der Waals surface area (Å²) in [5.74, 6) is -0.257. The number of benzene rings is 2. The highest BCUT2D eigenvalue weighted by Crippen LogP contribution is 2.38. The summed E-state index contributed by atoms with van der Waals surface area (Å²) >= 11 is 0. The van der Waals surface area contributed by atoms with E-state index >= 15 is 0 Å². The summed E-state index contributed by atoms with van der Waals surface area (Å²) in [7, 11) is 4.58. The predicted octanol–water partition coefficient (Wildman–Crippen LogP) is 3.68. The monoisotopic (exact) mass is 454 g/mol. The summed E-state index contributed by atoms with van der Waals surface area (Å²) in [5.41, 5.74) is 2.72. The van der Waals surface area contributed by atoms with Crippen molar-refractivity contribution in [3.05, 3.63) is 48.0 Å². The van der Waals surface area contributed by atoms with Crippen molar-refractivity contribution in [2.75, 3.05) is 21.3 Å². The van der Waals surface area contributed by atoms with Gasteiger partial charge in [-0.15, -0.1) is 0 Å². The molecule has 176 valence electrons. The average molecular weight is 455 g/mol. The largest absolute Gasteiger partial charge is 0.496 e. The van der Waals surface area contributed by atoms with Gasteiger partial charge in [0.2, 0.25) is 0 Å². The highest BCUT2D eigenvalue weighted by Gasteiger charge is 2.30. The Balaban J connectivity index is 1.76. The van der Waals surface area contributed by atoms with Gasteiger partial charge in [0.1, 0.15) is 30.4 Å². The van der Waals surface area contributed by atoms with Crippen LogP contribution in [-0.4, -0.2) is 50.1 Å². The van der Waals surface area contributed by atoms with Crippen LogP contribution in [0.5, 0.6) is 11.5 Å². The molecule has 8 heteroatoms. The molecule has 0 aromatic heterocycles. The number of amides is 1. The first-order valence-electron chi connectivity index (χ1n) is 10.9. The van der Waals surface area contributed by atoms with Gasteiger partial charge in [0.25, 0.3) is 5.91 Å². The summed E-state index contributed by atoms with van der Waals surface area (Å²) in [6.45, 7) is 0. The summed E-state index contributed by atoms with van der Waals surface area (Å²) in [6.07, 6.45) is 3.87. The standard InChI is InChI=1S/C25H30N2O6/c1-31-20-9-6-10-21(32-2)22(20)17-13-11-16(12-14-17)15-19(25(29)30)26-24(28)23(27-33-3)18-7-4-5-8-18/h6,9-14,18-19H,4-5,7-8,15H2,1-3H3,(H,26,28)(H,29,30)/t19-/m0/s1. The van der Waals surface area contributed by atoms with E-state index in [1.165, 1.54) is 7.11 Å². The number of carbonyl (C=O) groups is 2. The van der Waals surface area contributed by atoms with E-state index in [0.717, 1.165) is 42.4 Å². The Bertz CT molecular complexity index is 974. The summed E-state index contributed by atoms with van der Waals surface area (Å²) in [5, 5.41) is 16.2. The van der Waals surface area contributed by atoms with E-state index in [4.69, 9.17) is 14.3 Å². The molecule has 8 nitrogen and oxygen atoms in total. The normalized spacial score (nSPS) is 15.1. The molecular formula is C25H30N2O6. The van der Waals surface area contributed by atoms with Gasteiger partial charge in [-0.05, 0) is 36.1 Å². The maximum atomic E-state index is 12.8. The van der Waals surface area contributed by atoms with Gasteiger partial charge in [-0.2, -0.15) is 0 Å². The van der Waals surface area contributed by atoms with Gasteiger partial charge in [-0.25, -0.2) is 4.79 Å². The van der Waals surface area contributed by atoms with Crippen LogP contribution in [0.15, 0.2) is 47.6 Å². The Labute approximate surface area is 193 Å². The van der Waals surface area contributed by atoms with E-state index in [9.17, 15) is 14.7 Å². The predicted molar refractivity (Wildman–Crippen MR) is 125 cm³/mol. The molecule has 0 spiro atoms. The van der Waals surface area contributed by atoms with Crippen LogP contribution < -0.4 is 14.8 Å². The number of oxime groups is 1. The van der Waals surface area contributed by atoms with Crippen LogP contribution in [0.1, 0.15) is 31.2 Å². The average Bonchev–Trinajstić information content (AvgIpc) is 3.36. The summed E-state index contributed by atoms with van der Waals surface area (Å²) < 4.78 is 10.9. The number of ether oxygens (including phenoxy) is 2. The summed E-state index contributed by atoms with van der Waals surface area (Å²) in [6, 6.07) is 11.9. The molecule has 1 amide bonds. The van der Waals surface area contributed by atoms with Gasteiger partial charge in [-0.1, -0.05) is 48.3 Å². The van der Waals surface area contributed by atoms with E-state index in [-0.39, 0.29) is 18.1 Å². The van der Waals surface area contributed by atoms with Crippen LogP contribution in [0.4, 0.5) is 0 Å². The number of hydrogen-bond donors (Lipinski definition) is 2. The molecule has 2 N–H and O–H groups in total. The third-order valence-corrected chi connectivity index (χ3v) is 5.88. The Morgan fingerprint density at radius 2 is 1.64 bits per heavy atom. The van der Waals surface area contributed by atoms with Crippen LogP contribution in [-0.2, 0) is 20.8 Å². The lowest BCUT2D eigenvalue weighted by molar-refractivity contribution is -0.141. The van der Waals surface area contributed by atoms with Crippen LogP contribution >= 0.6 is 0 Å². The van der Waals surface area contributed by atoms with Crippen molar-refractivity contribution >= 4 is 17.6 Å². The first-order chi connectivity index (χ1) is 16.0. The SMILES string of the molecule is CON=C(C(=O)N[C@@H](Cc1ccc(-c2c(OC)cccc2OC)cc1)C(=O)O)C1CCCC1. The van der Waals surface area contributed by atoms with E-state index in [0.29, 0.717) is 11.5 Å². The van der Waals surface area contributed by atoms with Crippen molar-refractivity contribution < 1.29 is 29.0 Å². The maximum Gasteiger partial charge on any atom is 0.326 e. The fraction of sp³-hybridized carbons (Fsp3) is 0.400.